The first kappa shape index (κ1) is 15.7. The molecule has 0 saturated carbocycles. The average molecular weight is 354 g/mol. The van der Waals surface area contributed by atoms with Crippen LogP contribution in [0.3, 0.4) is 0 Å². The van der Waals surface area contributed by atoms with Crippen LogP contribution in [0.4, 0.5) is 5.69 Å². The van der Waals surface area contributed by atoms with E-state index in [2.05, 4.69) is 33.3 Å². The van der Waals surface area contributed by atoms with Gasteiger partial charge in [-0.25, -0.2) is 0 Å². The van der Waals surface area contributed by atoms with E-state index in [0.717, 1.165) is 39.6 Å². The van der Waals surface area contributed by atoms with Gasteiger partial charge in [0, 0.05) is 30.4 Å². The van der Waals surface area contributed by atoms with Crippen molar-refractivity contribution in [2.75, 3.05) is 19.5 Å². The highest BCUT2D eigenvalue weighted by molar-refractivity contribution is 9.10. The summed E-state index contributed by atoms with van der Waals surface area (Å²) < 4.78 is 13.6. The van der Waals surface area contributed by atoms with Crippen molar-refractivity contribution in [1.82, 2.24) is 9.78 Å². The van der Waals surface area contributed by atoms with Crippen molar-refractivity contribution < 1.29 is 9.47 Å². The number of halogens is 1. The maximum absolute atomic E-state index is 5.28. The SMILES string of the molecule is CCn1nc(C)c(Br)c1CNc1cc(OC)cc(OC)c1. The van der Waals surface area contributed by atoms with Gasteiger partial charge in [0.1, 0.15) is 11.5 Å². The molecular weight excluding hydrogens is 334 g/mol. The lowest BCUT2D eigenvalue weighted by Crippen LogP contribution is -2.08. The number of nitrogens with zero attached hydrogens (tertiary/aromatic N) is 2. The van der Waals surface area contributed by atoms with E-state index in [0.29, 0.717) is 6.54 Å². The predicted octanol–water partition coefficient (Wildman–Crippen LogP) is 3.60. The summed E-state index contributed by atoms with van der Waals surface area (Å²) in [6.45, 7) is 5.59. The largest absolute Gasteiger partial charge is 0.497 e. The number of anilines is 1. The molecule has 0 aliphatic carbocycles. The normalized spacial score (nSPS) is 10.5. The van der Waals surface area contributed by atoms with Gasteiger partial charge in [-0.2, -0.15) is 5.10 Å². The lowest BCUT2D eigenvalue weighted by atomic mass is 10.2. The summed E-state index contributed by atoms with van der Waals surface area (Å²) >= 11 is 3.60. The lowest BCUT2D eigenvalue weighted by molar-refractivity contribution is 0.394. The van der Waals surface area contributed by atoms with E-state index in [1.165, 1.54) is 0 Å². The van der Waals surface area contributed by atoms with Gasteiger partial charge in [-0.15, -0.1) is 0 Å². The third kappa shape index (κ3) is 3.50. The van der Waals surface area contributed by atoms with E-state index in [1.807, 2.05) is 29.8 Å². The van der Waals surface area contributed by atoms with Crippen molar-refractivity contribution in [2.24, 2.45) is 0 Å². The van der Waals surface area contributed by atoms with Gasteiger partial charge in [0.15, 0.2) is 0 Å². The van der Waals surface area contributed by atoms with E-state index in [4.69, 9.17) is 9.47 Å². The molecule has 5 nitrogen and oxygen atoms in total. The third-order valence-corrected chi connectivity index (χ3v) is 4.30. The minimum atomic E-state index is 0.672. The summed E-state index contributed by atoms with van der Waals surface area (Å²) in [4.78, 5) is 0. The molecule has 0 radical (unpaired) electrons. The van der Waals surface area contributed by atoms with Gasteiger partial charge in [-0.05, 0) is 29.8 Å². The molecule has 0 aliphatic rings. The summed E-state index contributed by atoms with van der Waals surface area (Å²) in [6.07, 6.45) is 0. The molecule has 1 heterocycles. The predicted molar refractivity (Wildman–Crippen MR) is 87.2 cm³/mol. The standard InChI is InChI=1S/C15H20BrN3O2/c1-5-19-14(15(16)10(2)18-19)9-17-11-6-12(20-3)8-13(7-11)21-4/h6-8,17H,5,9H2,1-4H3. The van der Waals surface area contributed by atoms with Crippen LogP contribution in [0.15, 0.2) is 22.7 Å². The number of nitrogens with one attached hydrogen (secondary N) is 1. The minimum Gasteiger partial charge on any atom is -0.497 e. The maximum Gasteiger partial charge on any atom is 0.124 e. The zero-order valence-electron chi connectivity index (χ0n) is 12.7. The Balaban J connectivity index is 2.20. The topological polar surface area (TPSA) is 48.3 Å². The molecule has 21 heavy (non-hydrogen) atoms. The van der Waals surface area contributed by atoms with Gasteiger partial charge in [-0.3, -0.25) is 4.68 Å². The summed E-state index contributed by atoms with van der Waals surface area (Å²) in [5, 5.41) is 7.88. The van der Waals surface area contributed by atoms with Crippen LogP contribution in [0, 0.1) is 6.92 Å². The van der Waals surface area contributed by atoms with E-state index in [-0.39, 0.29) is 0 Å². The molecule has 0 amide bonds. The number of aryl methyl sites for hydroxylation is 2. The Hall–Kier alpha value is -1.69. The highest BCUT2D eigenvalue weighted by Gasteiger charge is 2.12. The van der Waals surface area contributed by atoms with Crippen LogP contribution in [0.2, 0.25) is 0 Å². The zero-order valence-corrected chi connectivity index (χ0v) is 14.3. The molecule has 114 valence electrons. The molecular formula is C15H20BrN3O2. The fourth-order valence-corrected chi connectivity index (χ4v) is 2.56. The van der Waals surface area contributed by atoms with Crippen molar-refractivity contribution in [1.29, 1.82) is 0 Å². The highest BCUT2D eigenvalue weighted by Crippen LogP contribution is 2.27. The first-order chi connectivity index (χ1) is 10.1. The lowest BCUT2D eigenvalue weighted by Gasteiger charge is -2.12. The van der Waals surface area contributed by atoms with Gasteiger partial charge in [0.25, 0.3) is 0 Å². The molecule has 1 aromatic carbocycles. The van der Waals surface area contributed by atoms with Gasteiger partial charge in [0.2, 0.25) is 0 Å². The molecule has 1 N–H and O–H groups in total. The van der Waals surface area contributed by atoms with Crippen LogP contribution >= 0.6 is 15.9 Å². The number of ether oxygens (including phenoxy) is 2. The van der Waals surface area contributed by atoms with E-state index < -0.39 is 0 Å². The smallest absolute Gasteiger partial charge is 0.124 e. The second-order valence-corrected chi connectivity index (χ2v) is 5.41. The van der Waals surface area contributed by atoms with E-state index >= 15 is 0 Å². The van der Waals surface area contributed by atoms with Crippen molar-refractivity contribution in [3.8, 4) is 11.5 Å². The van der Waals surface area contributed by atoms with Crippen LogP contribution in [-0.4, -0.2) is 24.0 Å². The van der Waals surface area contributed by atoms with Crippen LogP contribution in [0.25, 0.3) is 0 Å². The quantitative estimate of drug-likeness (QED) is 0.861. The summed E-state index contributed by atoms with van der Waals surface area (Å²) in [5.41, 5.74) is 3.06. The fraction of sp³-hybridized carbons (Fsp3) is 0.400. The Morgan fingerprint density at radius 2 is 1.81 bits per heavy atom. The molecule has 0 aliphatic heterocycles. The first-order valence-corrected chi connectivity index (χ1v) is 7.57. The molecule has 0 saturated heterocycles. The Morgan fingerprint density at radius 3 is 2.33 bits per heavy atom. The minimum absolute atomic E-state index is 0.672. The fourth-order valence-electron chi connectivity index (χ4n) is 2.13. The van der Waals surface area contributed by atoms with E-state index in [9.17, 15) is 0 Å². The molecule has 2 aromatic rings. The Bertz CT molecular complexity index is 603. The molecule has 0 fully saturated rings. The van der Waals surface area contributed by atoms with Gasteiger partial charge >= 0.3 is 0 Å². The van der Waals surface area contributed by atoms with Crippen LogP contribution in [0.1, 0.15) is 18.3 Å². The number of hydrogen-bond donors (Lipinski definition) is 1. The average Bonchev–Trinajstić information content (AvgIpc) is 2.79. The number of rotatable bonds is 6. The molecule has 0 spiro atoms. The van der Waals surface area contributed by atoms with Gasteiger partial charge in [-0.1, -0.05) is 0 Å². The highest BCUT2D eigenvalue weighted by atomic mass is 79.9. The Morgan fingerprint density at radius 1 is 1.19 bits per heavy atom. The van der Waals surface area contributed by atoms with Crippen LogP contribution in [0.5, 0.6) is 11.5 Å². The van der Waals surface area contributed by atoms with Crippen molar-refractivity contribution in [3.05, 3.63) is 34.1 Å². The van der Waals surface area contributed by atoms with Gasteiger partial charge < -0.3 is 14.8 Å². The molecule has 0 bridgehead atoms. The maximum atomic E-state index is 5.28. The van der Waals surface area contributed by atoms with Crippen molar-refractivity contribution in [3.63, 3.8) is 0 Å². The monoisotopic (exact) mass is 353 g/mol. The number of hydrogen-bond acceptors (Lipinski definition) is 4. The molecule has 6 heteroatoms. The summed E-state index contributed by atoms with van der Waals surface area (Å²) in [7, 11) is 3.29. The summed E-state index contributed by atoms with van der Waals surface area (Å²) in [6, 6.07) is 5.73. The van der Waals surface area contributed by atoms with Gasteiger partial charge in [0.05, 0.1) is 36.6 Å². The van der Waals surface area contributed by atoms with Crippen LogP contribution in [-0.2, 0) is 13.1 Å². The molecule has 2 rings (SSSR count). The zero-order chi connectivity index (χ0) is 15.4. The number of methoxy groups -OCH3 is 2. The first-order valence-electron chi connectivity index (χ1n) is 6.77. The van der Waals surface area contributed by atoms with Crippen molar-refractivity contribution >= 4 is 21.6 Å². The second kappa shape index (κ2) is 6.85. The third-order valence-electron chi connectivity index (χ3n) is 3.26. The van der Waals surface area contributed by atoms with E-state index in [1.54, 1.807) is 14.2 Å². The Labute approximate surface area is 133 Å². The number of aromatic nitrogens is 2. The Kier molecular flexibility index (Phi) is 5.12. The second-order valence-electron chi connectivity index (χ2n) is 4.62. The van der Waals surface area contributed by atoms with Crippen LogP contribution < -0.4 is 14.8 Å². The molecule has 0 atom stereocenters. The summed E-state index contributed by atoms with van der Waals surface area (Å²) in [5.74, 6) is 1.52. The molecule has 0 unspecified atom stereocenters. The number of benzene rings is 1. The molecule has 1 aromatic heterocycles. The van der Waals surface area contributed by atoms with Crippen molar-refractivity contribution in [2.45, 2.75) is 26.9 Å².